The van der Waals surface area contributed by atoms with E-state index in [0.29, 0.717) is 5.13 Å². The van der Waals surface area contributed by atoms with Crippen molar-refractivity contribution in [1.82, 2.24) is 4.98 Å². The molecule has 5 heteroatoms. The first-order valence-corrected chi connectivity index (χ1v) is 3.64. The Hall–Kier alpha value is -0.420. The molecule has 1 rings (SSSR count). The monoisotopic (exact) mass is 148 g/mol. The van der Waals surface area contributed by atoms with Crippen molar-refractivity contribution in [2.24, 2.45) is 4.36 Å². The average Bonchev–Trinajstić information content (AvgIpc) is 2.19. The van der Waals surface area contributed by atoms with Crippen LogP contribution in [0.25, 0.3) is 0 Å². The van der Waals surface area contributed by atoms with Gasteiger partial charge in [-0.15, -0.1) is 11.3 Å². The molecule has 0 N–H and O–H groups in total. The summed E-state index contributed by atoms with van der Waals surface area (Å²) < 4.78 is 13.4. The van der Waals surface area contributed by atoms with E-state index in [9.17, 15) is 4.21 Å². The first kappa shape index (κ1) is 5.71. The summed E-state index contributed by atoms with van der Waals surface area (Å²) in [6.07, 6.45) is 1.63. The molecule has 1 aromatic heterocycles. The number of aromatic nitrogens is 1. The maximum absolute atomic E-state index is 9.82. The number of nitrogens with zero attached hydrogens (tertiary/aromatic N) is 2. The molecule has 8 heavy (non-hydrogen) atoms. The van der Waals surface area contributed by atoms with Crippen LogP contribution in [-0.2, 0) is 11.5 Å². The highest BCUT2D eigenvalue weighted by Gasteiger charge is 1.83. The number of hydrogen-bond donors (Lipinski definition) is 0. The Morgan fingerprint density at radius 2 is 2.75 bits per heavy atom. The van der Waals surface area contributed by atoms with Gasteiger partial charge in [-0.3, -0.25) is 4.21 Å². The second-order valence-electron chi connectivity index (χ2n) is 1.02. The molecule has 0 spiro atoms. The lowest BCUT2D eigenvalue weighted by Gasteiger charge is -1.70. The average molecular weight is 148 g/mol. The van der Waals surface area contributed by atoms with Gasteiger partial charge < -0.3 is 0 Å². The molecule has 0 amide bonds. The number of hydrogen-bond acceptors (Lipinski definition) is 4. The minimum absolute atomic E-state index is 0.582. The zero-order valence-corrected chi connectivity index (χ0v) is 5.68. The molecule has 0 aliphatic carbocycles. The molecule has 0 unspecified atom stereocenters. The van der Waals surface area contributed by atoms with Crippen LogP contribution in [0.3, 0.4) is 0 Å². The quantitative estimate of drug-likeness (QED) is 0.586. The Balaban J connectivity index is 2.93. The van der Waals surface area contributed by atoms with Crippen LogP contribution in [0.5, 0.6) is 0 Å². The van der Waals surface area contributed by atoms with Crippen LogP contribution in [0, 0.1) is 0 Å². The molecule has 0 aliphatic rings. The summed E-state index contributed by atoms with van der Waals surface area (Å²) in [4.78, 5) is 3.76. The highest BCUT2D eigenvalue weighted by molar-refractivity contribution is 7.55. The molecule has 0 aliphatic heterocycles. The van der Waals surface area contributed by atoms with E-state index in [-0.39, 0.29) is 0 Å². The summed E-state index contributed by atoms with van der Waals surface area (Å²) in [5, 5.41) is 2.37. The molecule has 0 saturated heterocycles. The molecule has 0 aromatic carbocycles. The van der Waals surface area contributed by atoms with Crippen molar-refractivity contribution in [3.8, 4) is 0 Å². The lowest BCUT2D eigenvalue weighted by Crippen LogP contribution is -1.51. The summed E-state index contributed by atoms with van der Waals surface area (Å²) in [6.45, 7) is 0. The van der Waals surface area contributed by atoms with E-state index in [0.717, 1.165) is 0 Å². The van der Waals surface area contributed by atoms with Gasteiger partial charge in [0.1, 0.15) is 0 Å². The minimum atomic E-state index is -0.625. The smallest absolute Gasteiger partial charge is 0.216 e. The minimum Gasteiger partial charge on any atom is -0.255 e. The Kier molecular flexibility index (Phi) is 1.99. The maximum atomic E-state index is 9.82. The van der Waals surface area contributed by atoms with Gasteiger partial charge in [-0.1, -0.05) is 0 Å². The number of rotatable bonds is 1. The Labute approximate surface area is 53.6 Å². The molecule has 0 radical (unpaired) electrons. The van der Waals surface area contributed by atoms with Crippen LogP contribution in [0.2, 0.25) is 0 Å². The molecule has 0 fully saturated rings. The van der Waals surface area contributed by atoms with Crippen LogP contribution < -0.4 is 0 Å². The third-order valence-electron chi connectivity index (χ3n) is 0.561. The highest BCUT2D eigenvalue weighted by Crippen LogP contribution is 2.12. The van der Waals surface area contributed by atoms with Gasteiger partial charge in [0.2, 0.25) is 5.13 Å². The molecule has 0 saturated carbocycles. The summed E-state index contributed by atoms with van der Waals surface area (Å²) in [6, 6.07) is 0. The third-order valence-corrected chi connectivity index (χ3v) is 1.69. The van der Waals surface area contributed by atoms with Crippen molar-refractivity contribution >= 4 is 27.9 Å². The van der Waals surface area contributed by atoms with E-state index in [4.69, 9.17) is 0 Å². The first-order chi connectivity index (χ1) is 3.93. The predicted octanol–water partition coefficient (Wildman–Crippen LogP) is 0.636. The van der Waals surface area contributed by atoms with E-state index < -0.39 is 11.5 Å². The topological polar surface area (TPSA) is 42.3 Å². The maximum Gasteiger partial charge on any atom is 0.216 e. The molecule has 1 heterocycles. The Bertz CT molecular complexity index is 201. The summed E-state index contributed by atoms with van der Waals surface area (Å²) in [5.74, 6) is 0. The van der Waals surface area contributed by atoms with Crippen molar-refractivity contribution < 1.29 is 4.21 Å². The van der Waals surface area contributed by atoms with Crippen molar-refractivity contribution in [3.05, 3.63) is 11.6 Å². The number of thiazole rings is 1. The fourth-order valence-corrected chi connectivity index (χ4v) is 1.13. The molecule has 0 atom stereocenters. The zero-order valence-electron chi connectivity index (χ0n) is 3.87. The second kappa shape index (κ2) is 2.78. The van der Waals surface area contributed by atoms with Gasteiger partial charge in [0.05, 0.1) is 0 Å². The van der Waals surface area contributed by atoms with Crippen molar-refractivity contribution in [2.75, 3.05) is 0 Å². The van der Waals surface area contributed by atoms with Gasteiger partial charge in [0, 0.05) is 23.0 Å². The van der Waals surface area contributed by atoms with Gasteiger partial charge in [0.15, 0.2) is 0 Å². The molecule has 0 bridgehead atoms. The van der Waals surface area contributed by atoms with Crippen molar-refractivity contribution in [3.63, 3.8) is 0 Å². The largest absolute Gasteiger partial charge is 0.255 e. The normalized spacial score (nSPS) is 10.5. The molecule has 3 nitrogen and oxygen atoms in total. The van der Waals surface area contributed by atoms with Crippen LogP contribution in [0.1, 0.15) is 0 Å². The zero-order chi connectivity index (χ0) is 5.82. The molecular formula is C3H4N2OS2. The van der Waals surface area contributed by atoms with Crippen molar-refractivity contribution in [1.29, 1.82) is 0 Å². The Morgan fingerprint density at radius 1 is 1.88 bits per heavy atom. The SMILES string of the molecule is O=[SH2]=Nc1nccs1. The van der Waals surface area contributed by atoms with Gasteiger partial charge >= 0.3 is 0 Å². The van der Waals surface area contributed by atoms with Gasteiger partial charge in [0.25, 0.3) is 0 Å². The molecular weight excluding hydrogens is 144 g/mol. The molecule has 44 valence electrons. The lowest BCUT2D eigenvalue weighted by molar-refractivity contribution is 0.698. The first-order valence-electron chi connectivity index (χ1n) is 1.91. The van der Waals surface area contributed by atoms with Crippen LogP contribution in [0.4, 0.5) is 5.13 Å². The fourth-order valence-electron chi connectivity index (χ4n) is 0.310. The summed E-state index contributed by atoms with van der Waals surface area (Å²) >= 11 is 0.752. The van der Waals surface area contributed by atoms with E-state index >= 15 is 0 Å². The van der Waals surface area contributed by atoms with Gasteiger partial charge in [-0.05, 0) is 0 Å². The Morgan fingerprint density at radius 3 is 3.25 bits per heavy atom. The predicted molar refractivity (Wildman–Crippen MR) is 35.1 cm³/mol. The van der Waals surface area contributed by atoms with E-state index in [1.165, 1.54) is 11.3 Å². The van der Waals surface area contributed by atoms with Gasteiger partial charge in [-0.2, -0.15) is 4.36 Å². The second-order valence-corrected chi connectivity index (χ2v) is 2.30. The summed E-state index contributed by atoms with van der Waals surface area (Å²) in [5.41, 5.74) is 0. The van der Waals surface area contributed by atoms with E-state index in [1.54, 1.807) is 11.6 Å². The van der Waals surface area contributed by atoms with Crippen LogP contribution >= 0.6 is 11.3 Å². The van der Waals surface area contributed by atoms with Crippen LogP contribution in [0.15, 0.2) is 15.9 Å². The highest BCUT2D eigenvalue weighted by atomic mass is 32.1. The fraction of sp³-hybridized carbons (Fsp3) is 0. The van der Waals surface area contributed by atoms with Gasteiger partial charge in [-0.25, -0.2) is 4.98 Å². The molecule has 1 aromatic rings. The van der Waals surface area contributed by atoms with E-state index in [1.807, 2.05) is 0 Å². The van der Waals surface area contributed by atoms with E-state index in [2.05, 4.69) is 9.35 Å². The lowest BCUT2D eigenvalue weighted by atomic mass is 11.0. The standard InChI is InChI=1S/C3H4N2OS2/c6-8-5-3-4-1-2-7-3/h1-2H,8H2. The third kappa shape index (κ3) is 1.28. The van der Waals surface area contributed by atoms with Crippen molar-refractivity contribution in [2.45, 2.75) is 0 Å². The summed E-state index contributed by atoms with van der Waals surface area (Å²) in [7, 11) is 0. The van der Waals surface area contributed by atoms with Crippen LogP contribution in [-0.4, -0.2) is 9.19 Å².